The summed E-state index contributed by atoms with van der Waals surface area (Å²) in [5, 5.41) is 6.93. The maximum Gasteiger partial charge on any atom is 0.125 e. The van der Waals surface area contributed by atoms with Gasteiger partial charge in [-0.05, 0) is 18.2 Å². The van der Waals surface area contributed by atoms with Crippen molar-refractivity contribution in [1.29, 1.82) is 0 Å². The fraction of sp³-hybridized carbons (Fsp3) is 0.143. The summed E-state index contributed by atoms with van der Waals surface area (Å²) in [5.74, 6) is 1.06. The number of hydrogen-bond donors (Lipinski definition) is 0. The number of aliphatic imine (C=N–C) groups is 1. The van der Waals surface area contributed by atoms with E-state index in [4.69, 9.17) is 0 Å². The van der Waals surface area contributed by atoms with Crippen molar-refractivity contribution >= 4 is 27.7 Å². The van der Waals surface area contributed by atoms with Gasteiger partial charge in [0.15, 0.2) is 0 Å². The topological polar surface area (TPSA) is 35.1 Å². The summed E-state index contributed by atoms with van der Waals surface area (Å²) >= 11 is 1.80. The zero-order valence-corrected chi connectivity index (χ0v) is 11.0. The molecule has 0 bridgehead atoms. The molecule has 0 aliphatic carbocycles. The lowest BCUT2D eigenvalue weighted by atomic mass is 10.2. The summed E-state index contributed by atoms with van der Waals surface area (Å²) in [6.07, 6.45) is 3.99. The van der Waals surface area contributed by atoms with Crippen LogP contribution in [0, 0.1) is 0 Å². The van der Waals surface area contributed by atoms with E-state index in [2.05, 4.69) is 16.2 Å². The van der Waals surface area contributed by atoms with Crippen LogP contribution < -0.4 is 0 Å². The van der Waals surface area contributed by atoms with Crippen LogP contribution in [-0.2, 0) is 0 Å². The minimum Gasteiger partial charge on any atom is -0.275 e. The van der Waals surface area contributed by atoms with Crippen molar-refractivity contribution in [3.05, 3.63) is 54.5 Å². The maximum atomic E-state index is 4.69. The van der Waals surface area contributed by atoms with Gasteiger partial charge in [0.2, 0.25) is 0 Å². The molecule has 0 fully saturated rings. The van der Waals surface area contributed by atoms with E-state index in [1.165, 1.54) is 0 Å². The molecule has 1 aromatic carbocycles. The van der Waals surface area contributed by atoms with Gasteiger partial charge in [0.05, 0.1) is 5.52 Å². The van der Waals surface area contributed by atoms with Crippen LogP contribution in [0.4, 0.5) is 0 Å². The van der Waals surface area contributed by atoms with Crippen molar-refractivity contribution < 1.29 is 0 Å². The first-order valence-corrected chi connectivity index (χ1v) is 7.21. The number of aromatic nitrogens is 3. The number of benzene rings is 1. The standard InChI is InChI=1S/C14H12N4S/c1-2-6-12-11(5-1)13(14-15-7-10-19-14)18(16-12)17-8-3-4-9-17/h1-6,8-9H,7,10H2. The van der Waals surface area contributed by atoms with Crippen LogP contribution in [0.5, 0.6) is 0 Å². The predicted octanol–water partition coefficient (Wildman–Crippen LogP) is 2.64. The molecule has 0 saturated carbocycles. The molecule has 0 radical (unpaired) electrons. The summed E-state index contributed by atoms with van der Waals surface area (Å²) < 4.78 is 1.98. The van der Waals surface area contributed by atoms with E-state index in [9.17, 15) is 0 Å². The van der Waals surface area contributed by atoms with Crippen molar-refractivity contribution in [1.82, 2.24) is 14.6 Å². The average Bonchev–Trinajstić information content (AvgIpc) is 3.17. The van der Waals surface area contributed by atoms with Gasteiger partial charge >= 0.3 is 0 Å². The molecule has 1 aliphatic heterocycles. The molecular formula is C14H12N4S. The van der Waals surface area contributed by atoms with Gasteiger partial charge < -0.3 is 0 Å². The summed E-state index contributed by atoms with van der Waals surface area (Å²) in [4.78, 5) is 6.54. The lowest BCUT2D eigenvalue weighted by Gasteiger charge is -2.07. The van der Waals surface area contributed by atoms with Crippen LogP contribution in [0.2, 0.25) is 0 Å². The summed E-state index contributed by atoms with van der Waals surface area (Å²) in [7, 11) is 0. The third kappa shape index (κ3) is 1.69. The monoisotopic (exact) mass is 268 g/mol. The zero-order valence-electron chi connectivity index (χ0n) is 10.2. The fourth-order valence-corrected chi connectivity index (χ4v) is 3.21. The maximum absolute atomic E-state index is 4.69. The second kappa shape index (κ2) is 4.28. The summed E-state index contributed by atoms with van der Waals surface area (Å²) in [6, 6.07) is 12.2. The van der Waals surface area contributed by atoms with Crippen LogP contribution in [0.1, 0.15) is 5.69 Å². The molecule has 0 N–H and O–H groups in total. The average molecular weight is 268 g/mol. The molecule has 4 nitrogen and oxygen atoms in total. The highest BCUT2D eigenvalue weighted by Gasteiger charge is 2.20. The van der Waals surface area contributed by atoms with Crippen molar-refractivity contribution in [2.24, 2.45) is 4.99 Å². The van der Waals surface area contributed by atoms with Crippen LogP contribution in [0.3, 0.4) is 0 Å². The smallest absolute Gasteiger partial charge is 0.125 e. The van der Waals surface area contributed by atoms with E-state index in [1.807, 2.05) is 52.2 Å². The number of thioether (sulfide) groups is 1. The highest BCUT2D eigenvalue weighted by atomic mass is 32.2. The van der Waals surface area contributed by atoms with E-state index in [1.54, 1.807) is 11.8 Å². The Morgan fingerprint density at radius 2 is 1.89 bits per heavy atom. The molecule has 0 saturated heterocycles. The Balaban J connectivity index is 2.04. The molecule has 0 amide bonds. The first kappa shape index (κ1) is 10.9. The molecule has 4 rings (SSSR count). The van der Waals surface area contributed by atoms with E-state index >= 15 is 0 Å². The van der Waals surface area contributed by atoms with Crippen LogP contribution in [0.25, 0.3) is 10.9 Å². The van der Waals surface area contributed by atoms with Crippen molar-refractivity contribution in [3.63, 3.8) is 0 Å². The molecule has 1 aliphatic rings. The first-order chi connectivity index (χ1) is 9.43. The quantitative estimate of drug-likeness (QED) is 0.716. The van der Waals surface area contributed by atoms with Gasteiger partial charge in [0.1, 0.15) is 10.7 Å². The largest absolute Gasteiger partial charge is 0.275 e. The first-order valence-electron chi connectivity index (χ1n) is 6.22. The molecule has 2 aromatic heterocycles. The number of nitrogens with zero attached hydrogens (tertiary/aromatic N) is 4. The molecule has 0 spiro atoms. The molecule has 94 valence electrons. The minimum atomic E-state index is 0.894. The summed E-state index contributed by atoms with van der Waals surface area (Å²) in [6.45, 7) is 0.894. The lowest BCUT2D eigenvalue weighted by molar-refractivity contribution is 0.580. The Morgan fingerprint density at radius 3 is 2.68 bits per heavy atom. The number of fused-ring (bicyclic) bond motifs is 1. The number of rotatable bonds is 2. The van der Waals surface area contributed by atoms with Gasteiger partial charge in [-0.1, -0.05) is 18.2 Å². The van der Waals surface area contributed by atoms with Gasteiger partial charge in [-0.2, -0.15) is 9.89 Å². The fourth-order valence-electron chi connectivity index (χ4n) is 2.32. The van der Waals surface area contributed by atoms with E-state index < -0.39 is 0 Å². The number of hydrogen-bond acceptors (Lipinski definition) is 3. The van der Waals surface area contributed by atoms with Crippen LogP contribution in [-0.4, -0.2) is 31.9 Å². The van der Waals surface area contributed by atoms with Crippen molar-refractivity contribution in [2.45, 2.75) is 0 Å². The van der Waals surface area contributed by atoms with Crippen LogP contribution >= 0.6 is 11.8 Å². The molecule has 0 atom stereocenters. The SMILES string of the molecule is c1ccc2c(C3=NCCS3)n(-n3cccc3)nc2c1. The van der Waals surface area contributed by atoms with Gasteiger partial charge in [0.25, 0.3) is 0 Å². The van der Waals surface area contributed by atoms with Gasteiger partial charge in [-0.25, -0.2) is 4.68 Å². The van der Waals surface area contributed by atoms with Crippen LogP contribution in [0.15, 0.2) is 53.8 Å². The highest BCUT2D eigenvalue weighted by molar-refractivity contribution is 8.14. The van der Waals surface area contributed by atoms with Crippen molar-refractivity contribution in [2.75, 3.05) is 12.3 Å². The zero-order chi connectivity index (χ0) is 12.7. The summed E-state index contributed by atoms with van der Waals surface area (Å²) in [5.41, 5.74) is 2.09. The Labute approximate surface area is 114 Å². The molecule has 3 heterocycles. The normalized spacial score (nSPS) is 15.1. The van der Waals surface area contributed by atoms with E-state index in [0.29, 0.717) is 0 Å². The van der Waals surface area contributed by atoms with Crippen molar-refractivity contribution in [3.8, 4) is 0 Å². The van der Waals surface area contributed by atoms with Gasteiger partial charge in [-0.15, -0.1) is 11.8 Å². The van der Waals surface area contributed by atoms with E-state index in [0.717, 1.165) is 33.9 Å². The Hall–Kier alpha value is -2.01. The second-order valence-electron chi connectivity index (χ2n) is 4.35. The van der Waals surface area contributed by atoms with E-state index in [-0.39, 0.29) is 0 Å². The molecular weight excluding hydrogens is 256 g/mol. The third-order valence-corrected chi connectivity index (χ3v) is 4.14. The predicted molar refractivity (Wildman–Crippen MR) is 78.8 cm³/mol. The van der Waals surface area contributed by atoms with Gasteiger partial charge in [0, 0.05) is 30.1 Å². The second-order valence-corrected chi connectivity index (χ2v) is 5.44. The minimum absolute atomic E-state index is 0.894. The lowest BCUT2D eigenvalue weighted by Crippen LogP contribution is -2.14. The third-order valence-electron chi connectivity index (χ3n) is 3.16. The molecule has 19 heavy (non-hydrogen) atoms. The molecule has 0 unspecified atom stereocenters. The molecule has 5 heteroatoms. The highest BCUT2D eigenvalue weighted by Crippen LogP contribution is 2.26. The Kier molecular flexibility index (Phi) is 2.45. The Bertz CT molecular complexity index is 755. The Morgan fingerprint density at radius 1 is 1.05 bits per heavy atom. The van der Waals surface area contributed by atoms with Gasteiger partial charge in [-0.3, -0.25) is 4.99 Å². The molecule has 3 aromatic rings.